The molecule has 0 aliphatic rings. The number of alkyl halides is 3. The predicted octanol–water partition coefficient (Wildman–Crippen LogP) is 2.34. The largest absolute Gasteiger partial charge is 0.469 e. The number of nitriles is 1. The number of carbonyl (C=O) groups is 1. The summed E-state index contributed by atoms with van der Waals surface area (Å²) in [4.78, 5) is 11.1. The number of thioether (sulfide) groups is 1. The zero-order valence-corrected chi connectivity index (χ0v) is 11.3. The summed E-state index contributed by atoms with van der Waals surface area (Å²) in [5.41, 5.74) is 1.25. The molecule has 20 heavy (non-hydrogen) atoms. The number of ether oxygens (including phenoxy) is 1. The van der Waals surface area contributed by atoms with Crippen molar-refractivity contribution >= 4 is 17.7 Å². The molecule has 0 atom stereocenters. The van der Waals surface area contributed by atoms with Gasteiger partial charge in [0.1, 0.15) is 0 Å². The minimum atomic E-state index is -4.52. The number of methoxy groups -OCH3 is 1. The molecule has 8 heteroatoms. The molecule has 0 fully saturated rings. The van der Waals surface area contributed by atoms with E-state index < -0.39 is 17.9 Å². The molecule has 1 aromatic carbocycles. The third-order valence-corrected chi connectivity index (χ3v) is 3.22. The van der Waals surface area contributed by atoms with Gasteiger partial charge in [-0.2, -0.15) is 18.4 Å². The van der Waals surface area contributed by atoms with Crippen molar-refractivity contribution in [2.45, 2.75) is 23.4 Å². The van der Waals surface area contributed by atoms with Crippen molar-refractivity contribution in [1.82, 2.24) is 0 Å². The van der Waals surface area contributed by atoms with Crippen LogP contribution < -0.4 is 5.73 Å². The summed E-state index contributed by atoms with van der Waals surface area (Å²) in [5.74, 6) is -0.717. The average Bonchev–Trinajstić information content (AvgIpc) is 2.38. The maximum atomic E-state index is 12.5. The van der Waals surface area contributed by atoms with E-state index in [4.69, 9.17) is 11.0 Å². The van der Waals surface area contributed by atoms with Crippen LogP contribution in [0.3, 0.4) is 0 Å². The molecule has 0 saturated carbocycles. The SMILES string of the molecule is COC(=O)Cc1c(C#N)cc(CN)cc1SC(F)(F)F. The monoisotopic (exact) mass is 304 g/mol. The van der Waals surface area contributed by atoms with Gasteiger partial charge in [0.05, 0.1) is 25.2 Å². The number of rotatable bonds is 4. The average molecular weight is 304 g/mol. The molecule has 1 rings (SSSR count). The van der Waals surface area contributed by atoms with Crippen LogP contribution >= 0.6 is 11.8 Å². The Morgan fingerprint density at radius 1 is 1.50 bits per heavy atom. The van der Waals surface area contributed by atoms with Gasteiger partial charge in [-0.3, -0.25) is 4.79 Å². The molecule has 1 aromatic rings. The Hall–Kier alpha value is -1.72. The van der Waals surface area contributed by atoms with Gasteiger partial charge >= 0.3 is 11.5 Å². The molecule has 0 aliphatic heterocycles. The van der Waals surface area contributed by atoms with Crippen LogP contribution in [0, 0.1) is 11.3 Å². The highest BCUT2D eigenvalue weighted by molar-refractivity contribution is 8.00. The van der Waals surface area contributed by atoms with E-state index in [1.807, 2.05) is 0 Å². The number of nitrogens with zero attached hydrogens (tertiary/aromatic N) is 1. The lowest BCUT2D eigenvalue weighted by atomic mass is 10.0. The van der Waals surface area contributed by atoms with Crippen LogP contribution in [0.4, 0.5) is 13.2 Å². The molecule has 0 amide bonds. The summed E-state index contributed by atoms with van der Waals surface area (Å²) in [5, 5.41) is 9.01. The Kier molecular flexibility index (Phi) is 5.42. The first-order chi connectivity index (χ1) is 9.30. The van der Waals surface area contributed by atoms with E-state index in [0.717, 1.165) is 7.11 Å². The minimum absolute atomic E-state index is 0.00104. The first-order valence-electron chi connectivity index (χ1n) is 5.39. The fourth-order valence-electron chi connectivity index (χ4n) is 1.53. The van der Waals surface area contributed by atoms with Crippen molar-refractivity contribution < 1.29 is 22.7 Å². The predicted molar refractivity (Wildman–Crippen MR) is 66.7 cm³/mol. The standard InChI is InChI=1S/C12H11F3N2O2S/c1-19-11(18)4-9-8(6-17)2-7(5-16)3-10(9)20-12(13,14)15/h2-3H,4-5,16H2,1H3. The Morgan fingerprint density at radius 3 is 2.60 bits per heavy atom. The zero-order chi connectivity index (χ0) is 15.3. The van der Waals surface area contributed by atoms with Gasteiger partial charge in [-0.1, -0.05) is 0 Å². The molecule has 0 radical (unpaired) electrons. The number of carbonyl (C=O) groups excluding carboxylic acids is 1. The maximum absolute atomic E-state index is 12.5. The third-order valence-electron chi connectivity index (χ3n) is 2.40. The van der Waals surface area contributed by atoms with Crippen LogP contribution in [-0.4, -0.2) is 18.6 Å². The maximum Gasteiger partial charge on any atom is 0.446 e. The molecule has 0 saturated heterocycles. The van der Waals surface area contributed by atoms with E-state index in [0.29, 0.717) is 5.56 Å². The number of hydrogen-bond donors (Lipinski definition) is 1. The van der Waals surface area contributed by atoms with E-state index in [1.54, 1.807) is 6.07 Å². The van der Waals surface area contributed by atoms with Crippen LogP contribution in [-0.2, 0) is 22.5 Å². The lowest BCUT2D eigenvalue weighted by Gasteiger charge is -2.13. The number of nitrogens with two attached hydrogens (primary N) is 1. The van der Waals surface area contributed by atoms with Gasteiger partial charge < -0.3 is 10.5 Å². The second kappa shape index (κ2) is 6.63. The Balaban J connectivity index is 3.35. The molecular formula is C12H11F3N2O2S. The van der Waals surface area contributed by atoms with E-state index in [9.17, 15) is 18.0 Å². The Bertz CT molecular complexity index is 553. The van der Waals surface area contributed by atoms with Gasteiger partial charge in [-0.15, -0.1) is 0 Å². The van der Waals surface area contributed by atoms with E-state index in [-0.39, 0.29) is 34.3 Å². The van der Waals surface area contributed by atoms with E-state index in [1.165, 1.54) is 12.1 Å². The third kappa shape index (κ3) is 4.43. The fourth-order valence-corrected chi connectivity index (χ4v) is 2.30. The summed E-state index contributed by atoms with van der Waals surface area (Å²) in [6.45, 7) is -0.00139. The molecule has 0 spiro atoms. The quantitative estimate of drug-likeness (QED) is 0.682. The van der Waals surface area contributed by atoms with Crippen molar-refractivity contribution in [2.24, 2.45) is 5.73 Å². The first-order valence-corrected chi connectivity index (χ1v) is 6.21. The van der Waals surface area contributed by atoms with E-state index in [2.05, 4.69) is 4.74 Å². The van der Waals surface area contributed by atoms with Crippen LogP contribution in [0.25, 0.3) is 0 Å². The summed E-state index contributed by atoms with van der Waals surface area (Å²) in [7, 11) is 1.12. The van der Waals surface area contributed by atoms with E-state index >= 15 is 0 Å². The fraction of sp³-hybridized carbons (Fsp3) is 0.333. The topological polar surface area (TPSA) is 76.1 Å². The van der Waals surface area contributed by atoms with Crippen LogP contribution in [0.15, 0.2) is 17.0 Å². The smallest absolute Gasteiger partial charge is 0.446 e. The summed E-state index contributed by atoms with van der Waals surface area (Å²) >= 11 is -0.376. The van der Waals surface area contributed by atoms with Crippen molar-refractivity contribution in [2.75, 3.05) is 7.11 Å². The minimum Gasteiger partial charge on any atom is -0.469 e. The molecule has 0 unspecified atom stereocenters. The molecule has 0 heterocycles. The van der Waals surface area contributed by atoms with Crippen molar-refractivity contribution in [3.63, 3.8) is 0 Å². The Morgan fingerprint density at radius 2 is 2.15 bits per heavy atom. The highest BCUT2D eigenvalue weighted by atomic mass is 32.2. The highest BCUT2D eigenvalue weighted by Gasteiger charge is 2.31. The second-order valence-corrected chi connectivity index (χ2v) is 4.84. The lowest BCUT2D eigenvalue weighted by molar-refractivity contribution is -0.139. The number of benzene rings is 1. The zero-order valence-electron chi connectivity index (χ0n) is 10.5. The van der Waals surface area contributed by atoms with Gasteiger partial charge in [0.15, 0.2) is 0 Å². The van der Waals surface area contributed by atoms with Crippen LogP contribution in [0.5, 0.6) is 0 Å². The van der Waals surface area contributed by atoms with Gasteiger partial charge in [-0.25, -0.2) is 0 Å². The second-order valence-electron chi connectivity index (χ2n) is 3.74. The summed E-state index contributed by atoms with van der Waals surface area (Å²) in [6.07, 6.45) is -0.400. The van der Waals surface area contributed by atoms with Gasteiger partial charge in [-0.05, 0) is 35.0 Å². The number of esters is 1. The van der Waals surface area contributed by atoms with Crippen LogP contribution in [0.2, 0.25) is 0 Å². The normalized spacial score (nSPS) is 11.0. The Labute approximate surface area is 117 Å². The molecule has 2 N–H and O–H groups in total. The first kappa shape index (κ1) is 16.3. The van der Waals surface area contributed by atoms with Crippen molar-refractivity contribution in [1.29, 1.82) is 5.26 Å². The number of hydrogen-bond acceptors (Lipinski definition) is 5. The summed E-state index contributed by atoms with van der Waals surface area (Å²) < 4.78 is 42.1. The van der Waals surface area contributed by atoms with Crippen molar-refractivity contribution in [3.8, 4) is 6.07 Å². The molecule has 0 aliphatic carbocycles. The molecule has 0 aromatic heterocycles. The lowest BCUT2D eigenvalue weighted by Crippen LogP contribution is -2.10. The van der Waals surface area contributed by atoms with Gasteiger partial charge in [0.2, 0.25) is 0 Å². The van der Waals surface area contributed by atoms with Crippen molar-refractivity contribution in [3.05, 3.63) is 28.8 Å². The number of halogens is 3. The molecule has 0 bridgehead atoms. The van der Waals surface area contributed by atoms with Gasteiger partial charge in [0.25, 0.3) is 0 Å². The van der Waals surface area contributed by atoms with Gasteiger partial charge in [0, 0.05) is 11.4 Å². The molecular weight excluding hydrogens is 293 g/mol. The molecule has 108 valence electrons. The highest BCUT2D eigenvalue weighted by Crippen LogP contribution is 2.40. The molecule has 4 nitrogen and oxygen atoms in total. The summed E-state index contributed by atoms with van der Waals surface area (Å²) in [6, 6.07) is 4.39. The van der Waals surface area contributed by atoms with Crippen LogP contribution in [0.1, 0.15) is 16.7 Å².